The first kappa shape index (κ1) is 13.7. The van der Waals surface area contributed by atoms with Gasteiger partial charge in [-0.15, -0.1) is 10.2 Å². The molecule has 2 heterocycles. The van der Waals surface area contributed by atoms with E-state index in [4.69, 9.17) is 0 Å². The molecule has 21 heavy (non-hydrogen) atoms. The number of anilines is 1. The number of rotatable bonds is 3. The van der Waals surface area contributed by atoms with Crippen LogP contribution in [-0.4, -0.2) is 53.3 Å². The highest BCUT2D eigenvalue weighted by Crippen LogP contribution is 2.16. The van der Waals surface area contributed by atoms with Crippen LogP contribution in [0.25, 0.3) is 11.0 Å². The molecule has 2 N–H and O–H groups in total. The molecular weight excluding hydrogens is 268 g/mol. The summed E-state index contributed by atoms with van der Waals surface area (Å²) < 4.78 is 0. The lowest BCUT2D eigenvalue weighted by Crippen LogP contribution is -2.58. The van der Waals surface area contributed by atoms with E-state index in [9.17, 15) is 4.79 Å². The van der Waals surface area contributed by atoms with Crippen LogP contribution in [0.1, 0.15) is 6.92 Å². The fraction of sp³-hybridized carbons (Fsp3) is 0.429. The summed E-state index contributed by atoms with van der Waals surface area (Å²) in [5.41, 5.74) is 1.54. The quantitative estimate of drug-likeness (QED) is 0.822. The molecule has 1 amide bonds. The molecule has 110 valence electrons. The Hall–Kier alpha value is -2.28. The van der Waals surface area contributed by atoms with Crippen molar-refractivity contribution in [2.75, 3.05) is 31.1 Å². The number of hydrogen-bond acceptors (Lipinski definition) is 6. The topological polar surface area (TPSA) is 83.0 Å². The van der Waals surface area contributed by atoms with Crippen molar-refractivity contribution in [2.45, 2.75) is 13.0 Å². The minimum atomic E-state index is -0.304. The van der Waals surface area contributed by atoms with Crippen LogP contribution in [0.4, 0.5) is 5.95 Å². The number of nitrogens with one attached hydrogen (secondary N) is 2. The molecule has 2 aromatic rings. The Morgan fingerprint density at radius 1 is 1.38 bits per heavy atom. The van der Waals surface area contributed by atoms with Crippen molar-refractivity contribution in [2.24, 2.45) is 0 Å². The normalized spacial score (nSPS) is 18.7. The number of piperazine rings is 1. The molecule has 0 bridgehead atoms. The fourth-order valence-electron chi connectivity index (χ4n) is 2.46. The molecule has 1 aromatic heterocycles. The van der Waals surface area contributed by atoms with E-state index >= 15 is 0 Å². The Labute approximate surface area is 122 Å². The van der Waals surface area contributed by atoms with E-state index in [2.05, 4.69) is 25.8 Å². The first-order valence-corrected chi connectivity index (χ1v) is 7.14. The zero-order valence-corrected chi connectivity index (χ0v) is 11.9. The number of benzene rings is 1. The van der Waals surface area contributed by atoms with Crippen molar-refractivity contribution in [3.05, 3.63) is 24.3 Å². The molecule has 1 aliphatic rings. The third-order valence-electron chi connectivity index (χ3n) is 3.50. The highest BCUT2D eigenvalue weighted by Gasteiger charge is 2.30. The Kier molecular flexibility index (Phi) is 3.92. The fourth-order valence-corrected chi connectivity index (χ4v) is 2.46. The van der Waals surface area contributed by atoms with Crippen molar-refractivity contribution >= 4 is 22.9 Å². The predicted molar refractivity (Wildman–Crippen MR) is 80.0 cm³/mol. The average molecular weight is 286 g/mol. The van der Waals surface area contributed by atoms with Gasteiger partial charge < -0.3 is 15.5 Å². The lowest BCUT2D eigenvalue weighted by atomic mass is 10.2. The molecule has 0 saturated carbocycles. The van der Waals surface area contributed by atoms with Gasteiger partial charge in [0.1, 0.15) is 11.6 Å². The standard InChI is InChI=1S/C14H18N6O/c1-2-16-13(21)12-9-15-7-8-20(12)14-17-10-5-3-4-6-11(10)18-19-14/h3-6,12,15H,2,7-9H2,1H3,(H,16,21). The van der Waals surface area contributed by atoms with E-state index in [0.29, 0.717) is 25.6 Å². The lowest BCUT2D eigenvalue weighted by Gasteiger charge is -2.34. The van der Waals surface area contributed by atoms with Gasteiger partial charge in [0.25, 0.3) is 0 Å². The molecule has 1 atom stereocenters. The van der Waals surface area contributed by atoms with Gasteiger partial charge in [-0.2, -0.15) is 0 Å². The zero-order chi connectivity index (χ0) is 14.7. The van der Waals surface area contributed by atoms with Crippen molar-refractivity contribution < 1.29 is 4.79 Å². The van der Waals surface area contributed by atoms with E-state index in [0.717, 1.165) is 17.6 Å². The second-order valence-corrected chi connectivity index (χ2v) is 4.91. The summed E-state index contributed by atoms with van der Waals surface area (Å²) in [5, 5.41) is 14.5. The molecule has 1 fully saturated rings. The number of likely N-dealkylation sites (N-methyl/N-ethyl adjacent to an activating group) is 1. The van der Waals surface area contributed by atoms with Crippen molar-refractivity contribution in [1.82, 2.24) is 25.8 Å². The first-order valence-electron chi connectivity index (χ1n) is 7.14. The average Bonchev–Trinajstić information content (AvgIpc) is 2.54. The number of aromatic nitrogens is 3. The number of carbonyl (C=O) groups excluding carboxylic acids is 1. The van der Waals surface area contributed by atoms with E-state index in [1.54, 1.807) is 0 Å². The van der Waals surface area contributed by atoms with Crippen molar-refractivity contribution in [1.29, 1.82) is 0 Å². The van der Waals surface area contributed by atoms with Gasteiger partial charge in [0, 0.05) is 26.2 Å². The molecule has 0 aliphatic carbocycles. The van der Waals surface area contributed by atoms with Crippen LogP contribution in [-0.2, 0) is 4.79 Å². The number of amides is 1. The number of hydrogen-bond donors (Lipinski definition) is 2. The van der Waals surface area contributed by atoms with Crippen LogP contribution >= 0.6 is 0 Å². The summed E-state index contributed by atoms with van der Waals surface area (Å²) in [6.07, 6.45) is 0. The smallest absolute Gasteiger partial charge is 0.246 e. The Bertz CT molecular complexity index is 646. The largest absolute Gasteiger partial charge is 0.355 e. The second kappa shape index (κ2) is 6.01. The maximum absolute atomic E-state index is 12.2. The van der Waals surface area contributed by atoms with Gasteiger partial charge in [0.05, 0.1) is 5.52 Å². The van der Waals surface area contributed by atoms with Gasteiger partial charge in [0.15, 0.2) is 0 Å². The SMILES string of the molecule is CCNC(=O)C1CNCCN1c1nnc2ccccc2n1. The Balaban J connectivity index is 1.92. The molecule has 1 saturated heterocycles. The lowest BCUT2D eigenvalue weighted by molar-refractivity contribution is -0.122. The zero-order valence-electron chi connectivity index (χ0n) is 11.9. The van der Waals surface area contributed by atoms with Crippen LogP contribution in [0, 0.1) is 0 Å². The highest BCUT2D eigenvalue weighted by molar-refractivity contribution is 5.85. The molecule has 3 rings (SSSR count). The predicted octanol–water partition coefficient (Wildman–Crippen LogP) is -0.0609. The molecule has 0 spiro atoms. The van der Waals surface area contributed by atoms with E-state index in [1.807, 2.05) is 36.1 Å². The van der Waals surface area contributed by atoms with Gasteiger partial charge in [-0.1, -0.05) is 12.1 Å². The van der Waals surface area contributed by atoms with Crippen LogP contribution in [0.5, 0.6) is 0 Å². The molecule has 1 unspecified atom stereocenters. The summed E-state index contributed by atoms with van der Waals surface area (Å²) >= 11 is 0. The van der Waals surface area contributed by atoms with Crippen molar-refractivity contribution in [3.8, 4) is 0 Å². The maximum atomic E-state index is 12.2. The van der Waals surface area contributed by atoms with Gasteiger partial charge in [-0.05, 0) is 19.1 Å². The summed E-state index contributed by atoms with van der Waals surface area (Å²) in [4.78, 5) is 18.6. The van der Waals surface area contributed by atoms with E-state index in [1.165, 1.54) is 0 Å². The summed E-state index contributed by atoms with van der Waals surface area (Å²) in [7, 11) is 0. The number of para-hydroxylation sites is 1. The Morgan fingerprint density at radius 3 is 3.00 bits per heavy atom. The van der Waals surface area contributed by atoms with Crippen LogP contribution in [0.3, 0.4) is 0 Å². The molecule has 1 aliphatic heterocycles. The monoisotopic (exact) mass is 286 g/mol. The molecular formula is C14H18N6O. The van der Waals surface area contributed by atoms with Gasteiger partial charge in [0.2, 0.25) is 11.9 Å². The molecule has 7 heteroatoms. The van der Waals surface area contributed by atoms with Gasteiger partial charge >= 0.3 is 0 Å². The van der Waals surface area contributed by atoms with Crippen LogP contribution in [0.2, 0.25) is 0 Å². The first-order chi connectivity index (χ1) is 10.3. The van der Waals surface area contributed by atoms with Crippen LogP contribution in [0.15, 0.2) is 24.3 Å². The molecule has 0 radical (unpaired) electrons. The third-order valence-corrected chi connectivity index (χ3v) is 3.50. The maximum Gasteiger partial charge on any atom is 0.246 e. The summed E-state index contributed by atoms with van der Waals surface area (Å²) in [6.45, 7) is 4.59. The summed E-state index contributed by atoms with van der Waals surface area (Å²) in [5.74, 6) is 0.493. The minimum absolute atomic E-state index is 0.0125. The van der Waals surface area contributed by atoms with Gasteiger partial charge in [-0.3, -0.25) is 4.79 Å². The van der Waals surface area contributed by atoms with Gasteiger partial charge in [-0.25, -0.2) is 4.98 Å². The number of fused-ring (bicyclic) bond motifs is 1. The number of carbonyl (C=O) groups is 1. The minimum Gasteiger partial charge on any atom is -0.355 e. The second-order valence-electron chi connectivity index (χ2n) is 4.91. The van der Waals surface area contributed by atoms with E-state index in [-0.39, 0.29) is 11.9 Å². The third kappa shape index (κ3) is 2.78. The van der Waals surface area contributed by atoms with Crippen molar-refractivity contribution in [3.63, 3.8) is 0 Å². The number of nitrogens with zero attached hydrogens (tertiary/aromatic N) is 4. The molecule has 1 aromatic carbocycles. The molecule has 7 nitrogen and oxygen atoms in total. The summed E-state index contributed by atoms with van der Waals surface area (Å²) in [6, 6.07) is 7.29. The van der Waals surface area contributed by atoms with Crippen LogP contribution < -0.4 is 15.5 Å². The highest BCUT2D eigenvalue weighted by atomic mass is 16.2. The Morgan fingerprint density at radius 2 is 2.19 bits per heavy atom. The van der Waals surface area contributed by atoms with E-state index < -0.39 is 0 Å².